The van der Waals surface area contributed by atoms with E-state index < -0.39 is 0 Å². The molecule has 1 aliphatic rings. The van der Waals surface area contributed by atoms with E-state index in [9.17, 15) is 0 Å². The number of hydrogen-bond donors (Lipinski definition) is 0. The van der Waals surface area contributed by atoms with E-state index >= 15 is 0 Å². The second kappa shape index (κ2) is 15.6. The summed E-state index contributed by atoms with van der Waals surface area (Å²) in [5.41, 5.74) is 0. The van der Waals surface area contributed by atoms with E-state index in [1.165, 1.54) is 116 Å². The van der Waals surface area contributed by atoms with Crippen LogP contribution in [0.3, 0.4) is 0 Å². The fourth-order valence-corrected chi connectivity index (χ4v) is 4.60. The molecule has 0 bridgehead atoms. The second-order valence-corrected chi connectivity index (χ2v) is 8.37. The van der Waals surface area contributed by atoms with Crippen LogP contribution < -0.4 is 0 Å². The highest BCUT2D eigenvalue weighted by atomic mass is 14.1. The summed E-state index contributed by atoms with van der Waals surface area (Å²) in [4.78, 5) is 0. The van der Waals surface area contributed by atoms with Gasteiger partial charge in [0.2, 0.25) is 0 Å². The first-order valence-electron chi connectivity index (χ1n) is 11.4. The maximum Gasteiger partial charge on any atom is 0.127 e. The Kier molecular flexibility index (Phi) is 14.3. The Morgan fingerprint density at radius 2 is 1.17 bits per heavy atom. The Balaban J connectivity index is 2.38. The predicted molar refractivity (Wildman–Crippen MR) is 109 cm³/mol. The molecule has 0 aromatic heterocycles. The van der Waals surface area contributed by atoms with Crippen molar-refractivity contribution in [3.63, 3.8) is 0 Å². The van der Waals surface area contributed by atoms with Gasteiger partial charge in [-0.15, -0.1) is 0 Å². The highest BCUT2D eigenvalue weighted by Gasteiger charge is 2.17. The van der Waals surface area contributed by atoms with Crippen LogP contribution in [0.4, 0.5) is 0 Å². The van der Waals surface area contributed by atoms with Crippen LogP contribution in [0.15, 0.2) is 0 Å². The smallest absolute Gasteiger partial charge is 0.0654 e. The van der Waals surface area contributed by atoms with Crippen LogP contribution in [0.5, 0.6) is 0 Å². The summed E-state index contributed by atoms with van der Waals surface area (Å²) in [6.07, 6.45) is 26.8. The van der Waals surface area contributed by atoms with Crippen molar-refractivity contribution in [2.45, 2.75) is 141 Å². The van der Waals surface area contributed by atoms with Crippen molar-refractivity contribution in [3.05, 3.63) is 0 Å². The van der Waals surface area contributed by atoms with Gasteiger partial charge in [0.25, 0.3) is 0 Å². The molecule has 0 amide bonds. The van der Waals surface area contributed by atoms with Gasteiger partial charge in [0.05, 0.1) is 0 Å². The Bertz CT molecular complexity index is 224. The van der Waals surface area contributed by atoms with E-state index in [0.717, 1.165) is 11.6 Å². The summed E-state index contributed by atoms with van der Waals surface area (Å²) in [6, 6.07) is 0. The Hall–Kier alpha value is 0.0649. The average molecular weight is 320 g/mol. The van der Waals surface area contributed by atoms with Gasteiger partial charge >= 0.3 is 0 Å². The normalized spacial score (nSPS) is 21.0. The molecule has 0 nitrogen and oxygen atoms in total. The number of hydrogen-bond acceptors (Lipinski definition) is 0. The van der Waals surface area contributed by atoms with E-state index in [-0.39, 0.29) is 0 Å². The SMILES string of the molecule is CCCCCC(BC1CCCCCCCCCCCC1)CCC. The standard InChI is InChI=1S/C22H45B/c1-3-5-14-18-21(17-4-2)23-22-19-15-12-10-8-6-7-9-11-13-16-20-22/h21-23H,3-20H2,1-2H3. The maximum absolute atomic E-state index is 2.39. The van der Waals surface area contributed by atoms with Gasteiger partial charge in [-0.25, -0.2) is 0 Å². The topological polar surface area (TPSA) is 0 Å². The monoisotopic (exact) mass is 320 g/mol. The molecule has 0 heterocycles. The van der Waals surface area contributed by atoms with Crippen LogP contribution in [0.2, 0.25) is 11.6 Å². The van der Waals surface area contributed by atoms with Crippen LogP contribution in [0.25, 0.3) is 0 Å². The third-order valence-corrected chi connectivity index (χ3v) is 6.05. The van der Waals surface area contributed by atoms with Crippen LogP contribution in [0.1, 0.15) is 129 Å². The van der Waals surface area contributed by atoms with Crippen molar-refractivity contribution in [1.29, 1.82) is 0 Å². The molecule has 1 aliphatic carbocycles. The van der Waals surface area contributed by atoms with E-state index in [2.05, 4.69) is 13.8 Å². The lowest BCUT2D eigenvalue weighted by atomic mass is 9.50. The van der Waals surface area contributed by atoms with Gasteiger partial charge in [-0.3, -0.25) is 0 Å². The quantitative estimate of drug-likeness (QED) is 0.313. The third kappa shape index (κ3) is 12.1. The molecule has 1 atom stereocenters. The summed E-state index contributed by atoms with van der Waals surface area (Å²) in [5, 5.41) is 0. The summed E-state index contributed by atoms with van der Waals surface area (Å²) >= 11 is 0. The fourth-order valence-electron chi connectivity index (χ4n) is 4.60. The second-order valence-electron chi connectivity index (χ2n) is 8.37. The van der Waals surface area contributed by atoms with Crippen molar-refractivity contribution in [2.24, 2.45) is 0 Å². The minimum Gasteiger partial charge on any atom is -0.0654 e. The minimum absolute atomic E-state index is 1.03. The summed E-state index contributed by atoms with van der Waals surface area (Å²) in [5.74, 6) is 2.08. The summed E-state index contributed by atoms with van der Waals surface area (Å²) < 4.78 is 0. The van der Waals surface area contributed by atoms with Gasteiger partial charge in [0.1, 0.15) is 7.28 Å². The molecule has 1 rings (SSSR count). The zero-order valence-corrected chi connectivity index (χ0v) is 16.6. The van der Waals surface area contributed by atoms with Crippen molar-refractivity contribution in [3.8, 4) is 0 Å². The van der Waals surface area contributed by atoms with E-state index in [1.54, 1.807) is 7.28 Å². The van der Waals surface area contributed by atoms with Gasteiger partial charge in [0, 0.05) is 0 Å². The maximum atomic E-state index is 2.39. The van der Waals surface area contributed by atoms with Crippen molar-refractivity contribution < 1.29 is 0 Å². The molecular formula is C22H45B. The lowest BCUT2D eigenvalue weighted by Crippen LogP contribution is -2.12. The molecule has 1 heteroatoms. The Labute approximate surface area is 148 Å². The van der Waals surface area contributed by atoms with Crippen LogP contribution in [0, 0.1) is 0 Å². The lowest BCUT2D eigenvalue weighted by molar-refractivity contribution is 0.540. The first kappa shape index (κ1) is 21.1. The van der Waals surface area contributed by atoms with Crippen LogP contribution in [-0.2, 0) is 0 Å². The number of rotatable bonds is 8. The first-order chi connectivity index (χ1) is 11.4. The molecule has 23 heavy (non-hydrogen) atoms. The van der Waals surface area contributed by atoms with Crippen molar-refractivity contribution >= 4 is 7.28 Å². The Morgan fingerprint density at radius 1 is 0.652 bits per heavy atom. The predicted octanol–water partition coefficient (Wildman–Crippen LogP) is 8.08. The molecule has 0 aliphatic heterocycles. The van der Waals surface area contributed by atoms with Crippen LogP contribution in [-0.4, -0.2) is 7.28 Å². The van der Waals surface area contributed by atoms with E-state index in [4.69, 9.17) is 0 Å². The van der Waals surface area contributed by atoms with Gasteiger partial charge < -0.3 is 0 Å². The molecule has 0 aromatic rings. The van der Waals surface area contributed by atoms with Gasteiger partial charge in [-0.2, -0.15) is 0 Å². The highest BCUT2D eigenvalue weighted by Crippen LogP contribution is 2.31. The minimum atomic E-state index is 1.03. The Morgan fingerprint density at radius 3 is 1.65 bits per heavy atom. The van der Waals surface area contributed by atoms with Crippen molar-refractivity contribution in [1.82, 2.24) is 0 Å². The largest absolute Gasteiger partial charge is 0.127 e. The zero-order chi connectivity index (χ0) is 16.6. The summed E-state index contributed by atoms with van der Waals surface area (Å²) in [7, 11) is 1.55. The van der Waals surface area contributed by atoms with Crippen molar-refractivity contribution in [2.75, 3.05) is 0 Å². The fraction of sp³-hybridized carbons (Fsp3) is 1.00. The third-order valence-electron chi connectivity index (χ3n) is 6.05. The van der Waals surface area contributed by atoms with Gasteiger partial charge in [0.15, 0.2) is 0 Å². The average Bonchev–Trinajstić information content (AvgIpc) is 2.57. The van der Waals surface area contributed by atoms with E-state index in [0.29, 0.717) is 0 Å². The van der Waals surface area contributed by atoms with E-state index in [1.807, 2.05) is 0 Å². The molecule has 0 radical (unpaired) electrons. The van der Waals surface area contributed by atoms with Crippen LogP contribution >= 0.6 is 0 Å². The molecule has 1 unspecified atom stereocenters. The summed E-state index contributed by atoms with van der Waals surface area (Å²) in [6.45, 7) is 4.72. The molecule has 1 fully saturated rings. The molecule has 0 saturated heterocycles. The van der Waals surface area contributed by atoms with Gasteiger partial charge in [-0.05, 0) is 0 Å². The first-order valence-corrected chi connectivity index (χ1v) is 11.4. The highest BCUT2D eigenvalue weighted by molar-refractivity contribution is 6.39. The molecule has 136 valence electrons. The molecule has 0 spiro atoms. The molecule has 0 N–H and O–H groups in total. The molecule has 1 saturated carbocycles. The molecular weight excluding hydrogens is 275 g/mol. The lowest BCUT2D eigenvalue weighted by Gasteiger charge is -2.22. The zero-order valence-electron chi connectivity index (χ0n) is 16.6. The van der Waals surface area contributed by atoms with Gasteiger partial charge in [-0.1, -0.05) is 141 Å². The molecule has 0 aromatic carbocycles. The number of unbranched alkanes of at least 4 members (excludes halogenated alkanes) is 2.